The van der Waals surface area contributed by atoms with E-state index in [1.807, 2.05) is 0 Å². The maximum Gasteiger partial charge on any atom is 0.00221 e. The lowest BCUT2D eigenvalue weighted by atomic mass is 9.90. The van der Waals surface area contributed by atoms with Gasteiger partial charge in [-0.1, -0.05) is 84.7 Å². The summed E-state index contributed by atoms with van der Waals surface area (Å²) in [5.41, 5.74) is 1.46. The molecule has 1 aromatic carbocycles. The van der Waals surface area contributed by atoms with Crippen LogP contribution in [-0.4, -0.2) is 24.5 Å². The fourth-order valence-electron chi connectivity index (χ4n) is 3.17. The van der Waals surface area contributed by atoms with Crippen molar-refractivity contribution in [1.82, 2.24) is 4.90 Å². The quantitative estimate of drug-likeness (QED) is 0.491. The van der Waals surface area contributed by atoms with Crippen molar-refractivity contribution in [3.05, 3.63) is 35.9 Å². The van der Waals surface area contributed by atoms with Crippen LogP contribution in [0.25, 0.3) is 0 Å². The minimum absolute atomic E-state index is 0.778. The highest BCUT2D eigenvalue weighted by Gasteiger charge is 2.19. The van der Waals surface area contributed by atoms with Gasteiger partial charge in [0.15, 0.2) is 0 Å². The number of hydrogen-bond donors (Lipinski definition) is 0. The monoisotopic (exact) mass is 317 g/mol. The molecule has 0 aliphatic rings. The molecule has 0 aliphatic heterocycles. The van der Waals surface area contributed by atoms with Crippen molar-refractivity contribution in [3.63, 3.8) is 0 Å². The normalized spacial score (nSPS) is 17.0. The molecule has 1 heteroatoms. The van der Waals surface area contributed by atoms with Crippen molar-refractivity contribution in [1.29, 1.82) is 0 Å². The molecule has 0 radical (unpaired) electrons. The molecule has 0 saturated carbocycles. The molecule has 0 bridgehead atoms. The minimum atomic E-state index is 0.778. The number of hydrogen-bond acceptors (Lipinski definition) is 1. The highest BCUT2D eigenvalue weighted by molar-refractivity contribution is 5.14. The van der Waals surface area contributed by atoms with Gasteiger partial charge in [-0.25, -0.2) is 0 Å². The fraction of sp³-hybridized carbons (Fsp3) is 0.727. The van der Waals surface area contributed by atoms with Crippen LogP contribution >= 0.6 is 0 Å². The van der Waals surface area contributed by atoms with Crippen LogP contribution < -0.4 is 0 Å². The Hall–Kier alpha value is -0.820. The fourth-order valence-corrected chi connectivity index (χ4v) is 3.17. The van der Waals surface area contributed by atoms with Crippen LogP contribution in [0.5, 0.6) is 0 Å². The van der Waals surface area contributed by atoms with Crippen LogP contribution in [0.15, 0.2) is 30.3 Å². The van der Waals surface area contributed by atoms with Gasteiger partial charge in [-0.05, 0) is 35.7 Å². The van der Waals surface area contributed by atoms with E-state index in [0.717, 1.165) is 23.7 Å². The average Bonchev–Trinajstić information content (AvgIpc) is 2.58. The molecule has 0 fully saturated rings. The molecule has 0 aliphatic carbocycles. The molecular formula is C22H39N. The van der Waals surface area contributed by atoms with Gasteiger partial charge >= 0.3 is 0 Å². The summed E-state index contributed by atoms with van der Waals surface area (Å²) in [5, 5.41) is 0. The molecule has 4 atom stereocenters. The zero-order valence-corrected chi connectivity index (χ0v) is 16.4. The molecule has 1 rings (SSSR count). The van der Waals surface area contributed by atoms with Crippen molar-refractivity contribution >= 4 is 0 Å². The maximum absolute atomic E-state index is 2.72. The first-order valence-corrected chi connectivity index (χ1v) is 9.74. The average molecular weight is 318 g/mol. The summed E-state index contributed by atoms with van der Waals surface area (Å²) in [4.78, 5) is 2.72. The second-order valence-electron chi connectivity index (χ2n) is 7.72. The smallest absolute Gasteiger partial charge is 0.00221 e. The first-order chi connectivity index (χ1) is 11.0. The Morgan fingerprint density at radius 1 is 0.739 bits per heavy atom. The zero-order valence-electron chi connectivity index (χ0n) is 16.4. The van der Waals surface area contributed by atoms with E-state index in [0.29, 0.717) is 0 Å². The molecule has 0 saturated heterocycles. The van der Waals surface area contributed by atoms with Gasteiger partial charge in [0.05, 0.1) is 0 Å². The zero-order chi connectivity index (χ0) is 17.2. The molecule has 4 unspecified atom stereocenters. The molecule has 0 aromatic heterocycles. The van der Waals surface area contributed by atoms with Gasteiger partial charge in [0.1, 0.15) is 0 Å². The minimum Gasteiger partial charge on any atom is -0.302 e. The summed E-state index contributed by atoms with van der Waals surface area (Å²) in [7, 11) is 0. The lowest BCUT2D eigenvalue weighted by molar-refractivity contribution is 0.163. The third-order valence-electron chi connectivity index (χ3n) is 5.88. The maximum atomic E-state index is 2.72. The molecule has 0 spiro atoms. The highest BCUT2D eigenvalue weighted by Crippen LogP contribution is 2.20. The van der Waals surface area contributed by atoms with Crippen molar-refractivity contribution in [2.24, 2.45) is 23.7 Å². The van der Waals surface area contributed by atoms with Gasteiger partial charge in [0.25, 0.3) is 0 Å². The first kappa shape index (κ1) is 20.2. The van der Waals surface area contributed by atoms with E-state index in [1.165, 1.54) is 44.5 Å². The van der Waals surface area contributed by atoms with E-state index in [1.54, 1.807) is 0 Å². The number of nitrogens with zero attached hydrogens (tertiary/aromatic N) is 1. The summed E-state index contributed by atoms with van der Waals surface area (Å²) in [6.45, 7) is 18.0. The van der Waals surface area contributed by atoms with Crippen LogP contribution in [0.3, 0.4) is 0 Å². The lowest BCUT2D eigenvalue weighted by Crippen LogP contribution is -2.37. The van der Waals surface area contributed by atoms with Crippen LogP contribution in [0, 0.1) is 23.7 Å². The molecule has 0 amide bonds. The van der Waals surface area contributed by atoms with Gasteiger partial charge in [-0.2, -0.15) is 0 Å². The van der Waals surface area contributed by atoms with E-state index >= 15 is 0 Å². The number of benzene rings is 1. The first-order valence-electron chi connectivity index (χ1n) is 9.74. The summed E-state index contributed by atoms with van der Waals surface area (Å²) >= 11 is 0. The molecule has 0 heterocycles. The Kier molecular flexibility index (Phi) is 9.55. The van der Waals surface area contributed by atoms with Gasteiger partial charge in [0, 0.05) is 19.6 Å². The third kappa shape index (κ3) is 7.52. The van der Waals surface area contributed by atoms with Gasteiger partial charge in [-0.15, -0.1) is 0 Å². The van der Waals surface area contributed by atoms with Crippen LogP contribution in [0.2, 0.25) is 0 Å². The van der Waals surface area contributed by atoms with Crippen molar-refractivity contribution < 1.29 is 0 Å². The molecule has 0 N–H and O–H groups in total. The summed E-state index contributed by atoms with van der Waals surface area (Å²) in [5.74, 6) is 3.18. The third-order valence-corrected chi connectivity index (χ3v) is 5.88. The predicted octanol–water partition coefficient (Wildman–Crippen LogP) is 5.90. The summed E-state index contributed by atoms with van der Waals surface area (Å²) in [6.07, 6.45) is 3.74. The van der Waals surface area contributed by atoms with Crippen LogP contribution in [-0.2, 0) is 6.42 Å². The van der Waals surface area contributed by atoms with Crippen LogP contribution in [0.4, 0.5) is 0 Å². The van der Waals surface area contributed by atoms with Crippen LogP contribution in [0.1, 0.15) is 59.9 Å². The van der Waals surface area contributed by atoms with Gasteiger partial charge in [0.2, 0.25) is 0 Å². The molecule has 23 heavy (non-hydrogen) atoms. The Labute approximate surface area is 145 Å². The SMILES string of the molecule is CCC(C)C(C)CN(CCc1ccccc1)CC(C)C(C)CC. The Balaban J connectivity index is 2.63. The lowest BCUT2D eigenvalue weighted by Gasteiger charge is -2.32. The number of rotatable bonds is 11. The summed E-state index contributed by atoms with van der Waals surface area (Å²) in [6, 6.07) is 10.9. The highest BCUT2D eigenvalue weighted by atomic mass is 15.1. The van der Waals surface area contributed by atoms with E-state index in [4.69, 9.17) is 0 Å². The van der Waals surface area contributed by atoms with Crippen molar-refractivity contribution in [3.8, 4) is 0 Å². The Bertz CT molecular complexity index is 382. The predicted molar refractivity (Wildman–Crippen MR) is 104 cm³/mol. The van der Waals surface area contributed by atoms with Crippen molar-refractivity contribution in [2.45, 2.75) is 60.8 Å². The molecular weight excluding hydrogens is 278 g/mol. The largest absolute Gasteiger partial charge is 0.302 e. The Morgan fingerprint density at radius 2 is 1.22 bits per heavy atom. The molecule has 132 valence electrons. The molecule has 1 nitrogen and oxygen atoms in total. The van der Waals surface area contributed by atoms with E-state index in [2.05, 4.69) is 76.8 Å². The topological polar surface area (TPSA) is 3.24 Å². The molecule has 1 aromatic rings. The second-order valence-corrected chi connectivity index (χ2v) is 7.72. The summed E-state index contributed by atoms with van der Waals surface area (Å²) < 4.78 is 0. The van der Waals surface area contributed by atoms with E-state index < -0.39 is 0 Å². The Morgan fingerprint density at radius 3 is 1.65 bits per heavy atom. The van der Waals surface area contributed by atoms with E-state index in [-0.39, 0.29) is 0 Å². The van der Waals surface area contributed by atoms with Gasteiger partial charge in [-0.3, -0.25) is 0 Å². The standard InChI is InChI=1S/C22H39N/c1-7-18(3)20(5)16-23(17-21(6)19(4)8-2)15-14-22-12-10-9-11-13-22/h9-13,18-21H,7-8,14-17H2,1-6H3. The van der Waals surface area contributed by atoms with Gasteiger partial charge < -0.3 is 4.90 Å². The van der Waals surface area contributed by atoms with Crippen molar-refractivity contribution in [2.75, 3.05) is 19.6 Å². The van der Waals surface area contributed by atoms with E-state index in [9.17, 15) is 0 Å². The second kappa shape index (κ2) is 10.9.